The molecule has 4 rings (SSSR count). The molecule has 0 aliphatic carbocycles. The molecule has 138 valence electrons. The van der Waals surface area contributed by atoms with Crippen molar-refractivity contribution >= 4 is 55.5 Å². The summed E-state index contributed by atoms with van der Waals surface area (Å²) in [5.74, 6) is -0.287. The summed E-state index contributed by atoms with van der Waals surface area (Å²) in [6, 6.07) is 7.30. The molecule has 0 atom stereocenters. The molecule has 0 aliphatic rings. The van der Waals surface area contributed by atoms with E-state index in [9.17, 15) is 13.2 Å². The smallest absolute Gasteiger partial charge is 0.406 e. The Balaban J connectivity index is 1.44. The Morgan fingerprint density at radius 2 is 1.85 bits per heavy atom. The number of hydrogen-bond donors (Lipinski definition) is 1. The summed E-state index contributed by atoms with van der Waals surface area (Å²) in [6.45, 7) is 0. The average Bonchev–Trinajstić information content (AvgIpc) is 3.25. The summed E-state index contributed by atoms with van der Waals surface area (Å²) >= 11 is 4.24. The molecule has 1 N–H and O–H groups in total. The Morgan fingerprint density at radius 3 is 2.63 bits per heavy atom. The summed E-state index contributed by atoms with van der Waals surface area (Å²) in [7, 11) is 0. The Kier molecular flexibility index (Phi) is 4.85. The first-order valence-corrected chi connectivity index (χ1v) is 9.80. The van der Waals surface area contributed by atoms with E-state index in [0.29, 0.717) is 15.2 Å². The van der Waals surface area contributed by atoms with E-state index in [1.807, 2.05) is 11.4 Å². The van der Waals surface area contributed by atoms with E-state index >= 15 is 0 Å². The fourth-order valence-electron chi connectivity index (χ4n) is 2.09. The molecule has 0 aliphatic heterocycles. The van der Waals surface area contributed by atoms with Gasteiger partial charge in [0.15, 0.2) is 4.34 Å². The molecule has 0 amide bonds. The maximum atomic E-state index is 12.2. The fraction of sp³-hybridized carbons (Fsp3) is 0.0667. The van der Waals surface area contributed by atoms with Gasteiger partial charge in [0.1, 0.15) is 17.1 Å². The van der Waals surface area contributed by atoms with Crippen LogP contribution in [0.3, 0.4) is 0 Å². The van der Waals surface area contributed by atoms with Crippen LogP contribution in [0.2, 0.25) is 0 Å². The Bertz CT molecular complexity index is 1060. The Hall–Kier alpha value is -2.44. The number of nitrogens with zero attached hydrogens (tertiary/aromatic N) is 4. The third kappa shape index (κ3) is 4.46. The Labute approximate surface area is 162 Å². The standard InChI is InChI=1S/C15H8F3N5OS3/c16-15(17,18)24-9-3-1-8(2-4-9)21-13-22-23-14(27-13)26-12-11-10(5-6-25-11)19-7-20-12/h1-7H,(H,21,22). The first-order chi connectivity index (χ1) is 13.0. The van der Waals surface area contributed by atoms with Crippen LogP contribution in [0.1, 0.15) is 0 Å². The number of anilines is 2. The van der Waals surface area contributed by atoms with Gasteiger partial charge in [-0.05, 0) is 47.5 Å². The van der Waals surface area contributed by atoms with Crippen molar-refractivity contribution in [3.8, 4) is 5.75 Å². The molecular formula is C15H8F3N5OS3. The second kappa shape index (κ2) is 7.29. The van der Waals surface area contributed by atoms with Crippen LogP contribution in [-0.4, -0.2) is 26.5 Å². The van der Waals surface area contributed by atoms with E-state index in [2.05, 4.69) is 30.2 Å². The zero-order valence-corrected chi connectivity index (χ0v) is 15.5. The molecule has 3 aromatic heterocycles. The van der Waals surface area contributed by atoms with Crippen LogP contribution in [0, 0.1) is 0 Å². The largest absolute Gasteiger partial charge is 0.573 e. The number of thiophene rings is 1. The summed E-state index contributed by atoms with van der Waals surface area (Å²) < 4.78 is 42.0. The minimum atomic E-state index is -4.71. The average molecular weight is 427 g/mol. The molecule has 0 bridgehead atoms. The lowest BCUT2D eigenvalue weighted by atomic mass is 10.3. The molecule has 4 aromatic rings. The molecule has 3 heterocycles. The van der Waals surface area contributed by atoms with Crippen molar-refractivity contribution in [2.75, 3.05) is 5.32 Å². The van der Waals surface area contributed by atoms with Crippen molar-refractivity contribution < 1.29 is 17.9 Å². The van der Waals surface area contributed by atoms with Gasteiger partial charge in [0.25, 0.3) is 0 Å². The molecule has 1 aromatic carbocycles. The molecular weight excluding hydrogens is 419 g/mol. The van der Waals surface area contributed by atoms with E-state index < -0.39 is 6.36 Å². The molecule has 0 saturated carbocycles. The summed E-state index contributed by atoms with van der Waals surface area (Å²) in [5.41, 5.74) is 1.45. The predicted octanol–water partition coefficient (Wildman–Crippen LogP) is 5.34. The van der Waals surface area contributed by atoms with Gasteiger partial charge in [-0.15, -0.1) is 34.7 Å². The van der Waals surface area contributed by atoms with Crippen LogP contribution < -0.4 is 10.1 Å². The summed E-state index contributed by atoms with van der Waals surface area (Å²) in [5, 5.41) is 14.4. The van der Waals surface area contributed by atoms with Gasteiger partial charge in [-0.2, -0.15) is 0 Å². The molecule has 0 radical (unpaired) electrons. The number of hydrogen-bond acceptors (Lipinski definition) is 9. The van der Waals surface area contributed by atoms with Crippen molar-refractivity contribution in [2.24, 2.45) is 0 Å². The number of fused-ring (bicyclic) bond motifs is 1. The van der Waals surface area contributed by atoms with Gasteiger partial charge in [-0.3, -0.25) is 0 Å². The van der Waals surface area contributed by atoms with Crippen LogP contribution in [0.25, 0.3) is 10.2 Å². The maximum absolute atomic E-state index is 12.2. The number of benzene rings is 1. The summed E-state index contributed by atoms with van der Waals surface area (Å²) in [6.07, 6.45) is -3.21. The number of halogens is 3. The lowest BCUT2D eigenvalue weighted by Crippen LogP contribution is -2.16. The number of aromatic nitrogens is 4. The molecule has 0 unspecified atom stereocenters. The van der Waals surface area contributed by atoms with Crippen LogP contribution in [0.4, 0.5) is 24.0 Å². The van der Waals surface area contributed by atoms with Gasteiger partial charge in [0.05, 0.1) is 10.2 Å². The predicted molar refractivity (Wildman–Crippen MR) is 97.9 cm³/mol. The third-order valence-electron chi connectivity index (χ3n) is 3.14. The lowest BCUT2D eigenvalue weighted by molar-refractivity contribution is -0.274. The zero-order valence-electron chi connectivity index (χ0n) is 13.1. The van der Waals surface area contributed by atoms with Crippen molar-refractivity contribution in [1.82, 2.24) is 20.2 Å². The highest BCUT2D eigenvalue weighted by molar-refractivity contribution is 8.01. The quantitative estimate of drug-likeness (QED) is 0.431. The minimum absolute atomic E-state index is 0.287. The van der Waals surface area contributed by atoms with Crippen molar-refractivity contribution in [2.45, 2.75) is 15.7 Å². The van der Waals surface area contributed by atoms with Crippen LogP contribution in [-0.2, 0) is 0 Å². The second-order valence-electron chi connectivity index (χ2n) is 4.99. The molecule has 12 heteroatoms. The number of nitrogens with one attached hydrogen (secondary N) is 1. The topological polar surface area (TPSA) is 72.8 Å². The van der Waals surface area contributed by atoms with Crippen LogP contribution in [0.5, 0.6) is 5.75 Å². The van der Waals surface area contributed by atoms with E-state index in [0.717, 1.165) is 15.2 Å². The second-order valence-corrected chi connectivity index (χ2v) is 8.12. The van der Waals surface area contributed by atoms with Crippen LogP contribution in [0.15, 0.2) is 51.4 Å². The number of alkyl halides is 3. The highest BCUT2D eigenvalue weighted by Gasteiger charge is 2.30. The van der Waals surface area contributed by atoms with Gasteiger partial charge in [-0.1, -0.05) is 11.3 Å². The van der Waals surface area contributed by atoms with Crippen molar-refractivity contribution in [1.29, 1.82) is 0 Å². The molecule has 0 saturated heterocycles. The molecule has 0 spiro atoms. The van der Waals surface area contributed by atoms with Crippen molar-refractivity contribution in [3.63, 3.8) is 0 Å². The number of rotatable bonds is 5. The van der Waals surface area contributed by atoms with E-state index in [-0.39, 0.29) is 5.75 Å². The van der Waals surface area contributed by atoms with E-state index in [1.54, 1.807) is 11.3 Å². The van der Waals surface area contributed by atoms with Gasteiger partial charge < -0.3 is 10.1 Å². The van der Waals surface area contributed by atoms with Crippen molar-refractivity contribution in [3.05, 3.63) is 42.0 Å². The van der Waals surface area contributed by atoms with Gasteiger partial charge in [0, 0.05) is 5.69 Å². The highest BCUT2D eigenvalue weighted by atomic mass is 32.2. The van der Waals surface area contributed by atoms with Crippen LogP contribution >= 0.6 is 34.4 Å². The molecule has 0 fully saturated rings. The Morgan fingerprint density at radius 1 is 1.04 bits per heavy atom. The fourth-order valence-corrected chi connectivity index (χ4v) is 4.77. The molecule has 27 heavy (non-hydrogen) atoms. The SMILES string of the molecule is FC(F)(F)Oc1ccc(Nc2nnc(Sc3ncnc4ccsc34)s2)cc1. The van der Waals surface area contributed by atoms with E-state index in [4.69, 9.17) is 0 Å². The highest BCUT2D eigenvalue weighted by Crippen LogP contribution is 2.36. The zero-order chi connectivity index (χ0) is 18.9. The maximum Gasteiger partial charge on any atom is 0.573 e. The first-order valence-electron chi connectivity index (χ1n) is 7.29. The van der Waals surface area contributed by atoms with Gasteiger partial charge in [0.2, 0.25) is 5.13 Å². The van der Waals surface area contributed by atoms with Gasteiger partial charge >= 0.3 is 6.36 Å². The first kappa shape index (κ1) is 17.9. The normalized spacial score (nSPS) is 11.7. The van der Waals surface area contributed by atoms with E-state index in [1.165, 1.54) is 53.7 Å². The minimum Gasteiger partial charge on any atom is -0.406 e. The third-order valence-corrected chi connectivity index (χ3v) is 6.07. The number of ether oxygens (including phenoxy) is 1. The molecule has 6 nitrogen and oxygen atoms in total. The monoisotopic (exact) mass is 427 g/mol. The lowest BCUT2D eigenvalue weighted by Gasteiger charge is -2.09. The summed E-state index contributed by atoms with van der Waals surface area (Å²) in [4.78, 5) is 8.48. The van der Waals surface area contributed by atoms with Gasteiger partial charge in [-0.25, -0.2) is 9.97 Å².